The molecular weight excluding hydrogens is 192 g/mol. The topological polar surface area (TPSA) is 46.5 Å². The molecule has 82 valence electrons. The van der Waals surface area contributed by atoms with Crippen LogP contribution in [0.1, 0.15) is 31.7 Å². The number of ketones is 1. The van der Waals surface area contributed by atoms with E-state index in [4.69, 9.17) is 4.74 Å². The van der Waals surface area contributed by atoms with Crippen LogP contribution in [0.2, 0.25) is 0 Å². The van der Waals surface area contributed by atoms with Crippen LogP contribution in [0.4, 0.5) is 0 Å². The van der Waals surface area contributed by atoms with Crippen LogP contribution in [-0.4, -0.2) is 18.0 Å². The average Bonchev–Trinajstić information content (AvgIpc) is 2.17. The van der Waals surface area contributed by atoms with Gasteiger partial charge in [-0.25, -0.2) is 0 Å². The van der Waals surface area contributed by atoms with Crippen molar-refractivity contribution in [3.63, 3.8) is 0 Å². The first-order chi connectivity index (χ1) is 7.06. The van der Waals surface area contributed by atoms with E-state index in [2.05, 4.69) is 0 Å². The Morgan fingerprint density at radius 3 is 2.73 bits per heavy atom. The van der Waals surface area contributed by atoms with E-state index in [-0.39, 0.29) is 17.5 Å². The molecule has 0 saturated carbocycles. The Hall–Kier alpha value is -1.51. The van der Waals surface area contributed by atoms with Crippen LogP contribution in [0.15, 0.2) is 18.2 Å². The van der Waals surface area contributed by atoms with Gasteiger partial charge in [0.1, 0.15) is 5.78 Å². The Morgan fingerprint density at radius 2 is 2.20 bits per heavy atom. The Morgan fingerprint density at radius 1 is 1.53 bits per heavy atom. The lowest BCUT2D eigenvalue weighted by Crippen LogP contribution is -2.01. The van der Waals surface area contributed by atoms with Gasteiger partial charge in [-0.3, -0.25) is 0 Å². The zero-order valence-electron chi connectivity index (χ0n) is 9.28. The molecule has 1 N–H and O–H groups in total. The number of aromatic hydroxyl groups is 1. The second kappa shape index (κ2) is 4.82. The third kappa shape index (κ3) is 2.72. The summed E-state index contributed by atoms with van der Waals surface area (Å²) in [4.78, 5) is 11.0. The molecule has 1 aromatic carbocycles. The van der Waals surface area contributed by atoms with Gasteiger partial charge in [-0.15, -0.1) is 0 Å². The van der Waals surface area contributed by atoms with Crippen molar-refractivity contribution >= 4 is 5.78 Å². The minimum absolute atomic E-state index is 0.0117. The molecule has 0 aromatic heterocycles. The van der Waals surface area contributed by atoms with Gasteiger partial charge in [-0.05, 0) is 18.9 Å². The number of benzene rings is 1. The van der Waals surface area contributed by atoms with E-state index < -0.39 is 0 Å². The molecule has 0 fully saturated rings. The molecule has 1 unspecified atom stereocenters. The molecule has 1 rings (SSSR count). The molecule has 15 heavy (non-hydrogen) atoms. The first-order valence-electron chi connectivity index (χ1n) is 4.91. The molecule has 0 amide bonds. The summed E-state index contributed by atoms with van der Waals surface area (Å²) in [6.45, 7) is 3.46. The Labute approximate surface area is 89.7 Å². The predicted octanol–water partition coefficient (Wildman–Crippen LogP) is 2.48. The average molecular weight is 208 g/mol. The van der Waals surface area contributed by atoms with Crippen LogP contribution < -0.4 is 4.74 Å². The van der Waals surface area contributed by atoms with Gasteiger partial charge in [0.05, 0.1) is 7.11 Å². The van der Waals surface area contributed by atoms with Crippen molar-refractivity contribution in [1.29, 1.82) is 0 Å². The van der Waals surface area contributed by atoms with Crippen molar-refractivity contribution in [3.8, 4) is 11.5 Å². The quantitative estimate of drug-likeness (QED) is 0.826. The standard InChI is InChI=1S/C12H16O3/c1-8(7-9(2)13)10-5-4-6-11(15-3)12(10)14/h4-6,8,14H,7H2,1-3H3. The molecule has 0 aliphatic carbocycles. The SMILES string of the molecule is COc1cccc(C(C)CC(C)=O)c1O. The number of hydrogen-bond acceptors (Lipinski definition) is 3. The van der Waals surface area contributed by atoms with Crippen molar-refractivity contribution in [2.75, 3.05) is 7.11 Å². The summed E-state index contributed by atoms with van der Waals surface area (Å²) in [5, 5.41) is 9.84. The number of Topliss-reactive ketones (excluding diaryl/α,β-unsaturated/α-hetero) is 1. The fourth-order valence-electron chi connectivity index (χ4n) is 1.64. The third-order valence-electron chi connectivity index (χ3n) is 2.37. The monoisotopic (exact) mass is 208 g/mol. The smallest absolute Gasteiger partial charge is 0.161 e. The van der Waals surface area contributed by atoms with E-state index in [0.29, 0.717) is 12.2 Å². The van der Waals surface area contributed by atoms with Crippen LogP contribution >= 0.6 is 0 Å². The zero-order chi connectivity index (χ0) is 11.4. The van der Waals surface area contributed by atoms with Crippen LogP contribution in [0, 0.1) is 0 Å². The number of methoxy groups -OCH3 is 1. The molecule has 0 spiro atoms. The number of ether oxygens (including phenoxy) is 1. The van der Waals surface area contributed by atoms with Gasteiger partial charge in [0, 0.05) is 12.0 Å². The van der Waals surface area contributed by atoms with Gasteiger partial charge in [0.2, 0.25) is 0 Å². The van der Waals surface area contributed by atoms with Crippen molar-refractivity contribution in [2.45, 2.75) is 26.2 Å². The summed E-state index contributed by atoms with van der Waals surface area (Å²) in [6.07, 6.45) is 0.431. The van der Waals surface area contributed by atoms with Crippen LogP contribution in [-0.2, 0) is 4.79 Å². The van der Waals surface area contributed by atoms with E-state index in [9.17, 15) is 9.90 Å². The third-order valence-corrected chi connectivity index (χ3v) is 2.37. The van der Waals surface area contributed by atoms with Gasteiger partial charge in [0.25, 0.3) is 0 Å². The van der Waals surface area contributed by atoms with Gasteiger partial charge in [-0.2, -0.15) is 0 Å². The molecule has 1 atom stereocenters. The number of para-hydroxylation sites is 1. The molecule has 0 aliphatic heterocycles. The highest BCUT2D eigenvalue weighted by Crippen LogP contribution is 2.35. The van der Waals surface area contributed by atoms with Crippen molar-refractivity contribution in [3.05, 3.63) is 23.8 Å². The molecule has 0 saturated heterocycles. The fraction of sp³-hybridized carbons (Fsp3) is 0.417. The van der Waals surface area contributed by atoms with E-state index >= 15 is 0 Å². The van der Waals surface area contributed by atoms with Crippen molar-refractivity contribution in [2.24, 2.45) is 0 Å². The fourth-order valence-corrected chi connectivity index (χ4v) is 1.64. The summed E-state index contributed by atoms with van der Waals surface area (Å²) < 4.78 is 5.01. The second-order valence-electron chi connectivity index (χ2n) is 3.71. The number of carbonyl (C=O) groups excluding carboxylic acids is 1. The van der Waals surface area contributed by atoms with Crippen molar-refractivity contribution in [1.82, 2.24) is 0 Å². The molecule has 0 bridgehead atoms. The minimum atomic E-state index is 0.0117. The van der Waals surface area contributed by atoms with Crippen LogP contribution in [0.25, 0.3) is 0 Å². The predicted molar refractivity (Wildman–Crippen MR) is 58.4 cm³/mol. The Kier molecular flexibility index (Phi) is 3.72. The first-order valence-corrected chi connectivity index (χ1v) is 4.91. The summed E-state index contributed by atoms with van der Waals surface area (Å²) in [7, 11) is 1.51. The number of rotatable bonds is 4. The number of hydrogen-bond donors (Lipinski definition) is 1. The van der Waals surface area contributed by atoms with Gasteiger partial charge < -0.3 is 14.6 Å². The minimum Gasteiger partial charge on any atom is -0.504 e. The maximum Gasteiger partial charge on any atom is 0.161 e. The normalized spacial score (nSPS) is 12.2. The van der Waals surface area contributed by atoms with E-state index in [1.54, 1.807) is 13.0 Å². The van der Waals surface area contributed by atoms with Gasteiger partial charge in [0.15, 0.2) is 11.5 Å². The molecule has 1 aromatic rings. The first kappa shape index (κ1) is 11.6. The Bertz CT molecular complexity index is 358. The zero-order valence-corrected chi connectivity index (χ0v) is 9.28. The van der Waals surface area contributed by atoms with Crippen molar-refractivity contribution < 1.29 is 14.6 Å². The maximum absolute atomic E-state index is 11.0. The summed E-state index contributed by atoms with van der Waals surface area (Å²) in [6, 6.07) is 5.31. The molecule has 3 nitrogen and oxygen atoms in total. The second-order valence-corrected chi connectivity index (χ2v) is 3.71. The van der Waals surface area contributed by atoms with Gasteiger partial charge >= 0.3 is 0 Å². The molecular formula is C12H16O3. The molecule has 0 aliphatic rings. The highest BCUT2D eigenvalue weighted by molar-refractivity contribution is 5.76. The molecule has 3 heteroatoms. The van der Waals surface area contributed by atoms with Gasteiger partial charge in [-0.1, -0.05) is 19.1 Å². The maximum atomic E-state index is 11.0. The highest BCUT2D eigenvalue weighted by atomic mass is 16.5. The van der Waals surface area contributed by atoms with Crippen LogP contribution in [0.5, 0.6) is 11.5 Å². The summed E-state index contributed by atoms with van der Waals surface area (Å²) >= 11 is 0. The number of phenols is 1. The summed E-state index contributed by atoms with van der Waals surface area (Å²) in [5.74, 6) is 0.707. The van der Waals surface area contributed by atoms with E-state index in [1.165, 1.54) is 7.11 Å². The lowest BCUT2D eigenvalue weighted by atomic mass is 9.95. The largest absolute Gasteiger partial charge is 0.504 e. The lowest BCUT2D eigenvalue weighted by molar-refractivity contribution is -0.117. The lowest BCUT2D eigenvalue weighted by Gasteiger charge is -2.13. The van der Waals surface area contributed by atoms with E-state index in [0.717, 1.165) is 5.56 Å². The number of carbonyl (C=O) groups is 1. The highest BCUT2D eigenvalue weighted by Gasteiger charge is 2.14. The molecule has 0 radical (unpaired) electrons. The van der Waals surface area contributed by atoms with Crippen LogP contribution in [0.3, 0.4) is 0 Å². The molecule has 0 heterocycles. The summed E-state index contributed by atoms with van der Waals surface area (Å²) in [5.41, 5.74) is 0.754. The number of phenolic OH excluding ortho intramolecular Hbond substituents is 1. The Balaban J connectivity index is 2.98. The van der Waals surface area contributed by atoms with E-state index in [1.807, 2.05) is 19.1 Å².